The van der Waals surface area contributed by atoms with E-state index in [0.29, 0.717) is 13.1 Å². The molecule has 3 rings (SSSR count). The van der Waals surface area contributed by atoms with Gasteiger partial charge >= 0.3 is 11.8 Å². The molecule has 0 aliphatic heterocycles. The van der Waals surface area contributed by atoms with Crippen LogP contribution in [0, 0.1) is 0 Å². The van der Waals surface area contributed by atoms with E-state index >= 15 is 0 Å². The molecule has 1 heterocycles. The topological polar surface area (TPSA) is 58.2 Å². The Bertz CT molecular complexity index is 692. The molecule has 0 bridgehead atoms. The second-order valence-corrected chi connectivity index (χ2v) is 7.45. The van der Waals surface area contributed by atoms with Gasteiger partial charge in [-0.25, -0.2) is 0 Å². The van der Waals surface area contributed by atoms with Crippen molar-refractivity contribution in [3.8, 4) is 0 Å². The average molecular weight is 356 g/mol. The van der Waals surface area contributed by atoms with Gasteiger partial charge in [0, 0.05) is 18.5 Å². The number of thiophene rings is 1. The summed E-state index contributed by atoms with van der Waals surface area (Å²) in [5.41, 5.74) is 2.44. The predicted molar refractivity (Wildman–Crippen MR) is 101 cm³/mol. The minimum Gasteiger partial charge on any atom is -0.348 e. The summed E-state index contributed by atoms with van der Waals surface area (Å²) in [5, 5.41) is 9.80. The molecule has 4 nitrogen and oxygen atoms in total. The lowest BCUT2D eigenvalue weighted by molar-refractivity contribution is -0.139. The van der Waals surface area contributed by atoms with Crippen LogP contribution in [0.5, 0.6) is 0 Å². The molecule has 25 heavy (non-hydrogen) atoms. The number of amides is 2. The summed E-state index contributed by atoms with van der Waals surface area (Å²) < 4.78 is 0. The Labute approximate surface area is 152 Å². The Morgan fingerprint density at radius 2 is 1.72 bits per heavy atom. The van der Waals surface area contributed by atoms with Crippen molar-refractivity contribution in [2.24, 2.45) is 0 Å². The number of hydrogen-bond acceptors (Lipinski definition) is 3. The number of nitrogens with one attached hydrogen (secondary N) is 2. The van der Waals surface area contributed by atoms with Gasteiger partial charge in [0.1, 0.15) is 0 Å². The Morgan fingerprint density at radius 3 is 2.40 bits per heavy atom. The lowest BCUT2D eigenvalue weighted by atomic mass is 9.80. The van der Waals surface area contributed by atoms with Gasteiger partial charge in [0.2, 0.25) is 0 Å². The van der Waals surface area contributed by atoms with Crippen molar-refractivity contribution in [3.05, 3.63) is 58.3 Å². The van der Waals surface area contributed by atoms with Crippen molar-refractivity contribution in [1.29, 1.82) is 0 Å². The fraction of sp³-hybridized carbons (Fsp3) is 0.400. The molecule has 1 aromatic heterocycles. The summed E-state index contributed by atoms with van der Waals surface area (Å²) in [6.45, 7) is 1.00. The number of benzene rings is 1. The van der Waals surface area contributed by atoms with Crippen molar-refractivity contribution in [3.63, 3.8) is 0 Å². The zero-order chi connectivity index (χ0) is 17.5. The van der Waals surface area contributed by atoms with Gasteiger partial charge in [-0.05, 0) is 47.2 Å². The molecule has 2 amide bonds. The summed E-state index contributed by atoms with van der Waals surface area (Å²) in [4.78, 5) is 24.1. The van der Waals surface area contributed by atoms with E-state index in [1.165, 1.54) is 18.4 Å². The quantitative estimate of drug-likeness (QED) is 0.782. The number of carbonyl (C=O) groups is 2. The molecule has 2 N–H and O–H groups in total. The minimum absolute atomic E-state index is 0.0000212. The summed E-state index contributed by atoms with van der Waals surface area (Å²) >= 11 is 1.68. The normalized spacial score (nSPS) is 15.7. The van der Waals surface area contributed by atoms with Gasteiger partial charge in [-0.15, -0.1) is 0 Å². The number of rotatable bonds is 6. The van der Waals surface area contributed by atoms with E-state index < -0.39 is 11.8 Å². The summed E-state index contributed by atoms with van der Waals surface area (Å²) in [6, 6.07) is 12.1. The van der Waals surface area contributed by atoms with E-state index in [0.717, 1.165) is 24.8 Å². The first-order chi connectivity index (χ1) is 12.2. The first kappa shape index (κ1) is 17.7. The highest BCUT2D eigenvalue weighted by molar-refractivity contribution is 7.08. The molecule has 0 unspecified atom stereocenters. The van der Waals surface area contributed by atoms with Crippen LogP contribution in [-0.2, 0) is 21.4 Å². The van der Waals surface area contributed by atoms with Crippen LogP contribution < -0.4 is 10.6 Å². The SMILES string of the molecule is O=C(NCCc1ccccc1)C(=O)NCC1(c2ccsc2)CCCC1. The monoisotopic (exact) mass is 356 g/mol. The van der Waals surface area contributed by atoms with E-state index in [9.17, 15) is 9.59 Å². The van der Waals surface area contributed by atoms with Gasteiger partial charge in [-0.3, -0.25) is 9.59 Å². The standard InChI is InChI=1S/C20H24N2O2S/c23-18(21-12-8-16-6-2-1-3-7-16)19(24)22-15-20(10-4-5-11-20)17-9-13-25-14-17/h1-3,6-7,9,13-14H,4-5,8,10-12,15H2,(H,21,23)(H,22,24). The molecule has 1 aliphatic rings. The molecule has 0 radical (unpaired) electrons. The van der Waals surface area contributed by atoms with Crippen LogP contribution in [-0.4, -0.2) is 24.9 Å². The molecule has 1 aliphatic carbocycles. The van der Waals surface area contributed by atoms with Crippen LogP contribution in [0.1, 0.15) is 36.8 Å². The van der Waals surface area contributed by atoms with Gasteiger partial charge in [-0.1, -0.05) is 43.2 Å². The molecule has 5 heteroatoms. The molecular formula is C20H24N2O2S. The third kappa shape index (κ3) is 4.48. The molecule has 0 atom stereocenters. The first-order valence-corrected chi connectivity index (χ1v) is 9.77. The van der Waals surface area contributed by atoms with Crippen LogP contribution in [0.2, 0.25) is 0 Å². The van der Waals surface area contributed by atoms with Gasteiger partial charge in [0.25, 0.3) is 0 Å². The zero-order valence-electron chi connectivity index (χ0n) is 14.3. The van der Waals surface area contributed by atoms with Crippen molar-refractivity contribution >= 4 is 23.2 Å². The van der Waals surface area contributed by atoms with Crippen LogP contribution >= 0.6 is 11.3 Å². The van der Waals surface area contributed by atoms with Gasteiger partial charge < -0.3 is 10.6 Å². The molecule has 0 saturated heterocycles. The number of hydrogen-bond donors (Lipinski definition) is 2. The fourth-order valence-electron chi connectivity index (χ4n) is 3.56. The minimum atomic E-state index is -0.547. The first-order valence-electron chi connectivity index (χ1n) is 8.82. The Kier molecular flexibility index (Phi) is 5.87. The van der Waals surface area contributed by atoms with Crippen LogP contribution in [0.15, 0.2) is 47.2 Å². The molecule has 2 aromatic rings. The third-order valence-corrected chi connectivity index (χ3v) is 5.71. The fourth-order valence-corrected chi connectivity index (χ4v) is 4.34. The highest BCUT2D eigenvalue weighted by Crippen LogP contribution is 2.41. The molecule has 132 valence electrons. The third-order valence-electron chi connectivity index (χ3n) is 5.03. The zero-order valence-corrected chi connectivity index (χ0v) is 15.1. The second-order valence-electron chi connectivity index (χ2n) is 6.67. The van der Waals surface area contributed by atoms with Gasteiger partial charge in [0.15, 0.2) is 0 Å². The van der Waals surface area contributed by atoms with Crippen molar-refractivity contribution in [2.45, 2.75) is 37.5 Å². The summed E-state index contributed by atoms with van der Waals surface area (Å²) in [7, 11) is 0. The maximum Gasteiger partial charge on any atom is 0.309 e. The van der Waals surface area contributed by atoms with E-state index in [1.807, 2.05) is 30.3 Å². The summed E-state index contributed by atoms with van der Waals surface area (Å²) in [5.74, 6) is -1.08. The van der Waals surface area contributed by atoms with E-state index in [2.05, 4.69) is 27.5 Å². The second kappa shape index (κ2) is 8.30. The van der Waals surface area contributed by atoms with E-state index in [1.54, 1.807) is 11.3 Å². The van der Waals surface area contributed by atoms with E-state index in [4.69, 9.17) is 0 Å². The Balaban J connectivity index is 1.47. The maximum absolute atomic E-state index is 12.1. The van der Waals surface area contributed by atoms with Crippen molar-refractivity contribution < 1.29 is 9.59 Å². The van der Waals surface area contributed by atoms with Crippen LogP contribution in [0.4, 0.5) is 0 Å². The predicted octanol–water partition coefficient (Wildman–Crippen LogP) is 3.04. The van der Waals surface area contributed by atoms with Gasteiger partial charge in [-0.2, -0.15) is 11.3 Å². The Morgan fingerprint density at radius 1 is 1.00 bits per heavy atom. The molecule has 0 spiro atoms. The largest absolute Gasteiger partial charge is 0.348 e. The number of carbonyl (C=O) groups excluding carboxylic acids is 2. The van der Waals surface area contributed by atoms with Gasteiger partial charge in [0.05, 0.1) is 0 Å². The lowest BCUT2D eigenvalue weighted by Gasteiger charge is -2.28. The summed E-state index contributed by atoms with van der Waals surface area (Å²) in [6.07, 6.45) is 5.21. The smallest absolute Gasteiger partial charge is 0.309 e. The van der Waals surface area contributed by atoms with E-state index in [-0.39, 0.29) is 5.41 Å². The highest BCUT2D eigenvalue weighted by atomic mass is 32.1. The van der Waals surface area contributed by atoms with Crippen molar-refractivity contribution in [2.75, 3.05) is 13.1 Å². The molecule has 1 aromatic carbocycles. The molecule has 1 fully saturated rings. The Hall–Kier alpha value is -2.14. The molecular weight excluding hydrogens is 332 g/mol. The highest BCUT2D eigenvalue weighted by Gasteiger charge is 2.36. The van der Waals surface area contributed by atoms with Crippen LogP contribution in [0.3, 0.4) is 0 Å². The van der Waals surface area contributed by atoms with Crippen LogP contribution in [0.25, 0.3) is 0 Å². The lowest BCUT2D eigenvalue weighted by Crippen LogP contribution is -2.45. The average Bonchev–Trinajstić information content (AvgIpc) is 3.33. The maximum atomic E-state index is 12.1. The van der Waals surface area contributed by atoms with Crippen molar-refractivity contribution in [1.82, 2.24) is 10.6 Å². The molecule has 1 saturated carbocycles.